The second kappa shape index (κ2) is 5.61. The molecule has 0 aromatic heterocycles. The van der Waals surface area contributed by atoms with Crippen LogP contribution in [0.1, 0.15) is 19.4 Å². The van der Waals surface area contributed by atoms with Crippen LogP contribution in [0.2, 0.25) is 0 Å². The lowest BCUT2D eigenvalue weighted by atomic mass is 10.0. The van der Waals surface area contributed by atoms with E-state index >= 15 is 0 Å². The Hall–Kier alpha value is -2.55. The summed E-state index contributed by atoms with van der Waals surface area (Å²) >= 11 is 0. The molecule has 0 fully saturated rings. The quantitative estimate of drug-likeness (QED) is 0.913. The molecule has 0 aliphatic carbocycles. The predicted octanol–water partition coefficient (Wildman–Crippen LogP) is 1.91. The van der Waals surface area contributed by atoms with Gasteiger partial charge in [-0.15, -0.1) is 0 Å². The Labute approximate surface area is 117 Å². The minimum absolute atomic E-state index is 0.352. The molecule has 106 valence electrons. The lowest BCUT2D eigenvalue weighted by Gasteiger charge is -2.34. The molecule has 0 atom stereocenters. The first-order valence-corrected chi connectivity index (χ1v) is 5.97. The fourth-order valence-electron chi connectivity index (χ4n) is 1.57. The molecule has 6 heteroatoms. The van der Waals surface area contributed by atoms with Crippen LogP contribution in [0, 0.1) is 11.3 Å². The van der Waals surface area contributed by atoms with Gasteiger partial charge in [0.05, 0.1) is 11.3 Å². The zero-order valence-corrected chi connectivity index (χ0v) is 11.9. The van der Waals surface area contributed by atoms with Crippen LogP contribution in [-0.2, 0) is 4.79 Å². The summed E-state index contributed by atoms with van der Waals surface area (Å²) in [6.07, 6.45) is 0. The third-order valence-corrected chi connectivity index (χ3v) is 3.32. The first-order valence-electron chi connectivity index (χ1n) is 5.97. The van der Waals surface area contributed by atoms with E-state index in [1.165, 1.54) is 32.8 Å². The molecule has 0 aliphatic heterocycles. The number of carboxylic acids is 1. The van der Waals surface area contributed by atoms with Crippen molar-refractivity contribution in [2.75, 3.05) is 19.0 Å². The van der Waals surface area contributed by atoms with Gasteiger partial charge in [0.1, 0.15) is 11.6 Å². The second-order valence-corrected chi connectivity index (χ2v) is 4.89. The summed E-state index contributed by atoms with van der Waals surface area (Å²) in [4.78, 5) is 25.9. The van der Waals surface area contributed by atoms with E-state index in [-0.39, 0.29) is 0 Å². The zero-order valence-electron chi connectivity index (χ0n) is 11.9. The normalized spacial score (nSPS) is 10.6. The minimum Gasteiger partial charge on any atom is -0.480 e. The number of aliphatic carboxylic acids is 1. The number of benzene rings is 1. The maximum Gasteiger partial charge on any atom is 0.329 e. The monoisotopic (exact) mass is 275 g/mol. The first kappa shape index (κ1) is 15.5. The highest BCUT2D eigenvalue weighted by Crippen LogP contribution is 2.22. The smallest absolute Gasteiger partial charge is 0.329 e. The third kappa shape index (κ3) is 2.72. The van der Waals surface area contributed by atoms with Crippen LogP contribution >= 0.6 is 0 Å². The molecule has 6 nitrogen and oxygen atoms in total. The highest BCUT2D eigenvalue weighted by atomic mass is 16.4. The molecule has 1 N–H and O–H groups in total. The van der Waals surface area contributed by atoms with Crippen molar-refractivity contribution in [3.05, 3.63) is 29.8 Å². The van der Waals surface area contributed by atoms with Gasteiger partial charge in [0.15, 0.2) is 0 Å². The van der Waals surface area contributed by atoms with Crippen molar-refractivity contribution in [2.24, 2.45) is 0 Å². The van der Waals surface area contributed by atoms with Gasteiger partial charge in [-0.3, -0.25) is 4.90 Å². The van der Waals surface area contributed by atoms with E-state index < -0.39 is 17.5 Å². The molecular weight excluding hydrogens is 258 g/mol. The standard InChI is InChI=1S/C14H17N3O3/c1-14(2,12(18)19)17(4)13(20)16(3)11-8-6-5-7-10(11)9-15/h5-8H,1-4H3,(H,18,19). The lowest BCUT2D eigenvalue weighted by molar-refractivity contribution is -0.146. The zero-order chi connectivity index (χ0) is 15.5. The second-order valence-electron chi connectivity index (χ2n) is 4.89. The van der Waals surface area contributed by atoms with Gasteiger partial charge in [-0.1, -0.05) is 12.1 Å². The van der Waals surface area contributed by atoms with Gasteiger partial charge >= 0.3 is 12.0 Å². The maximum absolute atomic E-state index is 12.3. The molecule has 0 heterocycles. The summed E-state index contributed by atoms with van der Waals surface area (Å²) in [5.74, 6) is -1.10. The third-order valence-electron chi connectivity index (χ3n) is 3.32. The number of nitrogens with zero attached hydrogens (tertiary/aromatic N) is 3. The number of rotatable bonds is 3. The molecule has 0 radical (unpaired) electrons. The van der Waals surface area contributed by atoms with E-state index in [9.17, 15) is 9.59 Å². The van der Waals surface area contributed by atoms with E-state index in [1.807, 2.05) is 6.07 Å². The summed E-state index contributed by atoms with van der Waals surface area (Å²) in [5.41, 5.74) is -0.551. The lowest BCUT2D eigenvalue weighted by Crippen LogP contribution is -2.54. The van der Waals surface area contributed by atoms with Crippen LogP contribution < -0.4 is 4.90 Å². The van der Waals surface area contributed by atoms with Crippen LogP contribution in [0.5, 0.6) is 0 Å². The van der Waals surface area contributed by atoms with E-state index in [1.54, 1.807) is 24.3 Å². The van der Waals surface area contributed by atoms with Gasteiger partial charge in [0.2, 0.25) is 0 Å². The van der Waals surface area contributed by atoms with E-state index in [0.29, 0.717) is 11.3 Å². The Morgan fingerprint density at radius 1 is 1.25 bits per heavy atom. The van der Waals surface area contributed by atoms with Crippen molar-refractivity contribution < 1.29 is 14.7 Å². The van der Waals surface area contributed by atoms with Crippen molar-refractivity contribution in [1.29, 1.82) is 5.26 Å². The Morgan fingerprint density at radius 2 is 1.80 bits per heavy atom. The number of amides is 2. The van der Waals surface area contributed by atoms with Crippen LogP contribution in [0.15, 0.2) is 24.3 Å². The molecule has 0 aliphatic rings. The Morgan fingerprint density at radius 3 is 2.30 bits per heavy atom. The van der Waals surface area contributed by atoms with E-state index in [4.69, 9.17) is 10.4 Å². The van der Waals surface area contributed by atoms with Crippen LogP contribution in [0.3, 0.4) is 0 Å². The molecule has 0 unspecified atom stereocenters. The summed E-state index contributed by atoms with van der Waals surface area (Å²) in [6, 6.07) is 8.15. The average Bonchev–Trinajstić information content (AvgIpc) is 2.44. The van der Waals surface area contributed by atoms with Crippen molar-refractivity contribution in [3.63, 3.8) is 0 Å². The first-order chi connectivity index (χ1) is 9.23. The molecule has 1 rings (SSSR count). The SMILES string of the molecule is CN(C(=O)N(C)C(C)(C)C(=O)O)c1ccccc1C#N. The summed E-state index contributed by atoms with van der Waals surface area (Å²) in [7, 11) is 2.93. The summed E-state index contributed by atoms with van der Waals surface area (Å²) < 4.78 is 0. The van der Waals surface area contributed by atoms with Crippen molar-refractivity contribution in [2.45, 2.75) is 19.4 Å². The van der Waals surface area contributed by atoms with Crippen LogP contribution in [0.4, 0.5) is 10.5 Å². The predicted molar refractivity (Wildman–Crippen MR) is 74.4 cm³/mol. The number of likely N-dealkylation sites (N-methyl/N-ethyl adjacent to an activating group) is 1. The number of para-hydroxylation sites is 1. The van der Waals surface area contributed by atoms with Gasteiger partial charge in [0, 0.05) is 14.1 Å². The number of hydrogen-bond acceptors (Lipinski definition) is 3. The Kier molecular flexibility index (Phi) is 4.35. The molecule has 0 bridgehead atoms. The number of anilines is 1. The topological polar surface area (TPSA) is 84.6 Å². The fourth-order valence-corrected chi connectivity index (χ4v) is 1.57. The molecule has 20 heavy (non-hydrogen) atoms. The average molecular weight is 275 g/mol. The van der Waals surface area contributed by atoms with Crippen LogP contribution in [-0.4, -0.2) is 41.6 Å². The minimum atomic E-state index is -1.34. The maximum atomic E-state index is 12.3. The van der Waals surface area contributed by atoms with Crippen molar-refractivity contribution in [3.8, 4) is 6.07 Å². The van der Waals surface area contributed by atoms with Crippen LogP contribution in [0.25, 0.3) is 0 Å². The Bertz CT molecular complexity index is 575. The molecule has 1 aromatic rings. The molecule has 2 amide bonds. The summed E-state index contributed by atoms with van der Waals surface area (Å²) in [6.45, 7) is 2.88. The highest BCUT2D eigenvalue weighted by molar-refractivity contribution is 5.96. The van der Waals surface area contributed by atoms with Gasteiger partial charge < -0.3 is 10.0 Å². The number of hydrogen-bond donors (Lipinski definition) is 1. The number of carbonyl (C=O) groups excluding carboxylic acids is 1. The number of urea groups is 1. The molecule has 0 spiro atoms. The van der Waals surface area contributed by atoms with E-state index in [0.717, 1.165) is 4.90 Å². The van der Waals surface area contributed by atoms with E-state index in [2.05, 4.69) is 0 Å². The van der Waals surface area contributed by atoms with Crippen molar-refractivity contribution in [1.82, 2.24) is 4.90 Å². The van der Waals surface area contributed by atoms with Gasteiger partial charge in [-0.25, -0.2) is 9.59 Å². The molecule has 1 aromatic carbocycles. The largest absolute Gasteiger partial charge is 0.480 e. The number of carboxylic acid groups (broad SMARTS) is 1. The Balaban J connectivity index is 3.10. The van der Waals surface area contributed by atoms with Crippen molar-refractivity contribution >= 4 is 17.7 Å². The molecular formula is C14H17N3O3. The van der Waals surface area contributed by atoms with Gasteiger partial charge in [0.25, 0.3) is 0 Å². The number of nitriles is 1. The number of carbonyl (C=O) groups is 2. The van der Waals surface area contributed by atoms with Gasteiger partial charge in [-0.2, -0.15) is 5.26 Å². The highest BCUT2D eigenvalue weighted by Gasteiger charge is 2.37. The molecule has 0 saturated heterocycles. The fraction of sp³-hybridized carbons (Fsp3) is 0.357. The molecule has 0 saturated carbocycles. The summed E-state index contributed by atoms with van der Waals surface area (Å²) in [5, 5.41) is 18.2. The van der Waals surface area contributed by atoms with Gasteiger partial charge in [-0.05, 0) is 26.0 Å².